The lowest BCUT2D eigenvalue weighted by Crippen LogP contribution is -2.45. The quantitative estimate of drug-likeness (QED) is 0.225. The van der Waals surface area contributed by atoms with E-state index in [1.54, 1.807) is 19.9 Å². The molecule has 0 aliphatic rings. The predicted octanol–water partition coefficient (Wildman–Crippen LogP) is 4.65. The second-order valence-electron chi connectivity index (χ2n) is 8.16. The van der Waals surface area contributed by atoms with Gasteiger partial charge in [-0.3, -0.25) is 4.79 Å². The summed E-state index contributed by atoms with van der Waals surface area (Å²) in [4.78, 5) is 25.0. The number of halogens is 1. The summed E-state index contributed by atoms with van der Waals surface area (Å²) >= 11 is 5.84. The summed E-state index contributed by atoms with van der Waals surface area (Å²) in [5, 5.41) is 2.84. The lowest BCUT2D eigenvalue weighted by atomic mass is 10.0. The number of rotatable bonds is 7. The Morgan fingerprint density at radius 3 is 2.47 bits per heavy atom. The Morgan fingerprint density at radius 2 is 1.76 bits per heavy atom. The van der Waals surface area contributed by atoms with Gasteiger partial charge in [-0.2, -0.15) is 4.72 Å². The number of carbonyl (C=O) groups excluding carboxylic acids is 1. The van der Waals surface area contributed by atoms with E-state index in [9.17, 15) is 18.0 Å². The molecule has 0 saturated carbocycles. The molecule has 4 aromatic rings. The predicted molar refractivity (Wildman–Crippen MR) is 130 cm³/mol. The molecule has 0 fully saturated rings. The Labute approximate surface area is 201 Å². The zero-order chi connectivity index (χ0) is 24.5. The van der Waals surface area contributed by atoms with Crippen LogP contribution in [0.5, 0.6) is 0 Å². The highest BCUT2D eigenvalue weighted by Gasteiger charge is 2.30. The van der Waals surface area contributed by atoms with E-state index in [0.717, 1.165) is 10.8 Å². The van der Waals surface area contributed by atoms with Crippen LogP contribution in [0, 0.1) is 5.92 Å². The average Bonchev–Trinajstić information content (AvgIpc) is 2.80. The topological polar surface area (TPSA) is 103 Å². The Hall–Kier alpha value is -3.20. The molecular weight excluding hydrogens is 478 g/mol. The lowest BCUT2D eigenvalue weighted by molar-refractivity contribution is -0.148. The second-order valence-corrected chi connectivity index (χ2v) is 10.3. The van der Waals surface area contributed by atoms with Gasteiger partial charge in [0.1, 0.15) is 18.2 Å². The number of nitrogens with one attached hydrogen (secondary N) is 1. The summed E-state index contributed by atoms with van der Waals surface area (Å²) in [5.41, 5.74) is 0.276. The summed E-state index contributed by atoms with van der Waals surface area (Å²) in [6.45, 7) is 3.19. The normalized spacial score (nSPS) is 12.8. The molecule has 9 heteroatoms. The molecule has 0 bridgehead atoms. The first kappa shape index (κ1) is 23.9. The maximum Gasteiger partial charge on any atom is 0.336 e. The molecule has 0 spiro atoms. The zero-order valence-corrected chi connectivity index (χ0v) is 20.0. The Kier molecular flexibility index (Phi) is 6.74. The third-order valence-electron chi connectivity index (χ3n) is 5.41. The highest BCUT2D eigenvalue weighted by atomic mass is 35.5. The molecule has 4 rings (SSSR count). The van der Waals surface area contributed by atoms with Gasteiger partial charge >= 0.3 is 11.6 Å². The number of carbonyl (C=O) groups is 1. The maximum absolute atomic E-state index is 12.9. The minimum Gasteiger partial charge on any atom is -0.460 e. The number of sulfonamides is 1. The van der Waals surface area contributed by atoms with E-state index in [-0.39, 0.29) is 11.5 Å². The first-order valence-corrected chi connectivity index (χ1v) is 12.4. The number of esters is 1. The van der Waals surface area contributed by atoms with E-state index < -0.39 is 33.6 Å². The van der Waals surface area contributed by atoms with Crippen LogP contribution in [0.4, 0.5) is 0 Å². The van der Waals surface area contributed by atoms with Gasteiger partial charge in [0.05, 0.1) is 4.90 Å². The number of fused-ring (bicyclic) bond motifs is 3. The van der Waals surface area contributed by atoms with Gasteiger partial charge in [-0.25, -0.2) is 13.2 Å². The molecule has 0 aliphatic heterocycles. The first-order chi connectivity index (χ1) is 16.2. The highest BCUT2D eigenvalue weighted by Crippen LogP contribution is 2.28. The van der Waals surface area contributed by atoms with Crippen LogP contribution in [0.1, 0.15) is 19.4 Å². The van der Waals surface area contributed by atoms with Crippen molar-refractivity contribution in [3.05, 3.63) is 87.7 Å². The molecule has 0 saturated heterocycles. The van der Waals surface area contributed by atoms with Crippen LogP contribution in [-0.4, -0.2) is 20.4 Å². The van der Waals surface area contributed by atoms with E-state index in [0.29, 0.717) is 21.6 Å². The van der Waals surface area contributed by atoms with Gasteiger partial charge in [-0.1, -0.05) is 55.8 Å². The Morgan fingerprint density at radius 1 is 1.06 bits per heavy atom. The maximum atomic E-state index is 12.9. The molecule has 1 N–H and O–H groups in total. The van der Waals surface area contributed by atoms with Crippen molar-refractivity contribution in [1.29, 1.82) is 0 Å². The van der Waals surface area contributed by atoms with Gasteiger partial charge in [0.2, 0.25) is 10.0 Å². The van der Waals surface area contributed by atoms with Crippen molar-refractivity contribution in [3.63, 3.8) is 0 Å². The highest BCUT2D eigenvalue weighted by molar-refractivity contribution is 7.89. The molecule has 1 heterocycles. The standard InChI is InChI=1S/C25H22ClNO6S/c1-15(2)24(27-34(30,31)19-10-8-18(26)9-11-19)25(29)32-14-17-13-22(28)33-21-12-7-16-5-3-4-6-20(16)23(17)21/h3-13,15,24,27H,14H2,1-2H3. The van der Waals surface area contributed by atoms with E-state index >= 15 is 0 Å². The van der Waals surface area contributed by atoms with Gasteiger partial charge < -0.3 is 9.15 Å². The summed E-state index contributed by atoms with van der Waals surface area (Å²) in [6.07, 6.45) is 0. The van der Waals surface area contributed by atoms with Crippen molar-refractivity contribution in [2.24, 2.45) is 5.92 Å². The van der Waals surface area contributed by atoms with E-state index in [1.807, 2.05) is 30.3 Å². The Bertz CT molecular complexity index is 1530. The molecule has 3 aromatic carbocycles. The second kappa shape index (κ2) is 9.58. The monoisotopic (exact) mass is 499 g/mol. The van der Waals surface area contributed by atoms with Crippen molar-refractivity contribution < 1.29 is 22.4 Å². The van der Waals surface area contributed by atoms with Gasteiger partial charge in [0, 0.05) is 22.0 Å². The van der Waals surface area contributed by atoms with Crippen molar-refractivity contribution in [3.8, 4) is 0 Å². The molecule has 0 aliphatic carbocycles. The van der Waals surface area contributed by atoms with Gasteiger partial charge in [-0.15, -0.1) is 0 Å². The van der Waals surface area contributed by atoms with Gasteiger partial charge in [-0.05, 0) is 47.0 Å². The van der Waals surface area contributed by atoms with Crippen LogP contribution in [0.25, 0.3) is 21.7 Å². The fourth-order valence-corrected chi connectivity index (χ4v) is 5.14. The average molecular weight is 500 g/mol. The van der Waals surface area contributed by atoms with Crippen LogP contribution in [0.15, 0.2) is 80.8 Å². The van der Waals surface area contributed by atoms with E-state index in [2.05, 4.69) is 4.72 Å². The minimum atomic E-state index is -3.99. The zero-order valence-electron chi connectivity index (χ0n) is 18.4. The summed E-state index contributed by atoms with van der Waals surface area (Å²) < 4.78 is 38.8. The van der Waals surface area contributed by atoms with Crippen LogP contribution >= 0.6 is 11.6 Å². The molecule has 1 aromatic heterocycles. The smallest absolute Gasteiger partial charge is 0.336 e. The van der Waals surface area contributed by atoms with Crippen molar-refractivity contribution in [2.45, 2.75) is 31.4 Å². The largest absolute Gasteiger partial charge is 0.460 e. The number of hydrogen-bond acceptors (Lipinski definition) is 6. The SMILES string of the molecule is CC(C)C(NS(=O)(=O)c1ccc(Cl)cc1)C(=O)OCc1cc(=O)oc2ccc3ccccc3c12. The third-order valence-corrected chi connectivity index (χ3v) is 7.12. The van der Waals surface area contributed by atoms with Crippen LogP contribution in [-0.2, 0) is 26.2 Å². The number of ether oxygens (including phenoxy) is 1. The minimum absolute atomic E-state index is 0.0199. The molecule has 1 atom stereocenters. The summed E-state index contributed by atoms with van der Waals surface area (Å²) in [5.74, 6) is -1.15. The molecular formula is C25H22ClNO6S. The van der Waals surface area contributed by atoms with Crippen LogP contribution in [0.3, 0.4) is 0 Å². The molecule has 7 nitrogen and oxygen atoms in total. The molecule has 176 valence electrons. The van der Waals surface area contributed by atoms with Crippen LogP contribution in [0.2, 0.25) is 5.02 Å². The fraction of sp³-hybridized carbons (Fsp3) is 0.200. The Balaban J connectivity index is 1.61. The fourth-order valence-electron chi connectivity index (χ4n) is 3.68. The van der Waals surface area contributed by atoms with E-state index in [4.69, 9.17) is 20.8 Å². The van der Waals surface area contributed by atoms with Crippen molar-refractivity contribution in [2.75, 3.05) is 0 Å². The number of hydrogen-bond donors (Lipinski definition) is 1. The first-order valence-electron chi connectivity index (χ1n) is 10.5. The molecule has 0 amide bonds. The molecule has 1 unspecified atom stereocenters. The van der Waals surface area contributed by atoms with Crippen molar-refractivity contribution >= 4 is 49.3 Å². The molecule has 0 radical (unpaired) electrons. The molecule has 34 heavy (non-hydrogen) atoms. The summed E-state index contributed by atoms with van der Waals surface area (Å²) in [7, 11) is -3.99. The summed E-state index contributed by atoms with van der Waals surface area (Å²) in [6, 6.07) is 16.9. The van der Waals surface area contributed by atoms with Crippen LogP contribution < -0.4 is 10.3 Å². The van der Waals surface area contributed by atoms with Crippen molar-refractivity contribution in [1.82, 2.24) is 4.72 Å². The number of benzene rings is 3. The van der Waals surface area contributed by atoms with E-state index in [1.165, 1.54) is 30.3 Å². The van der Waals surface area contributed by atoms with Gasteiger partial charge in [0.15, 0.2) is 0 Å². The van der Waals surface area contributed by atoms with Gasteiger partial charge in [0.25, 0.3) is 0 Å². The third kappa shape index (κ3) is 4.99. The lowest BCUT2D eigenvalue weighted by Gasteiger charge is -2.21.